The van der Waals surface area contributed by atoms with Gasteiger partial charge >= 0.3 is 0 Å². The van der Waals surface area contributed by atoms with Crippen LogP contribution in [0.15, 0.2) is 28.7 Å². The van der Waals surface area contributed by atoms with Gasteiger partial charge in [0.2, 0.25) is 5.91 Å². The van der Waals surface area contributed by atoms with E-state index in [1.165, 1.54) is 0 Å². The van der Waals surface area contributed by atoms with Gasteiger partial charge in [0.25, 0.3) is 0 Å². The lowest BCUT2D eigenvalue weighted by molar-refractivity contribution is -0.123. The molecule has 0 aromatic heterocycles. The predicted molar refractivity (Wildman–Crippen MR) is 81.0 cm³/mol. The average molecular weight is 340 g/mol. The maximum absolute atomic E-state index is 11.6. The van der Waals surface area contributed by atoms with E-state index >= 15 is 0 Å². The molecule has 108 valence electrons. The summed E-state index contributed by atoms with van der Waals surface area (Å²) in [6.07, 6.45) is 4.50. The smallest absolute Gasteiger partial charge is 0.222 e. The highest BCUT2D eigenvalue weighted by molar-refractivity contribution is 9.10. The quantitative estimate of drug-likeness (QED) is 0.590. The molecule has 1 rings (SSSR count). The molecule has 5 heteroatoms. The van der Waals surface area contributed by atoms with Crippen LogP contribution in [0.1, 0.15) is 25.0 Å². The maximum atomic E-state index is 11.6. The summed E-state index contributed by atoms with van der Waals surface area (Å²) < 4.78 is 5.97. The molecule has 0 heterocycles. The number of rotatable bonds is 7. The highest BCUT2D eigenvalue weighted by Crippen LogP contribution is 2.19. The maximum Gasteiger partial charge on any atom is 0.222 e. The van der Waals surface area contributed by atoms with Gasteiger partial charge in [-0.1, -0.05) is 34.0 Å². The SMILES string of the molecule is C#CCOCCC(=O)NC(C)C(O)c1ccc(Br)cc1. The Balaban J connectivity index is 2.41. The molecule has 1 aromatic carbocycles. The van der Waals surface area contributed by atoms with Gasteiger partial charge in [0.15, 0.2) is 0 Å². The number of benzene rings is 1. The molecule has 0 aliphatic carbocycles. The zero-order chi connectivity index (χ0) is 15.0. The summed E-state index contributed by atoms with van der Waals surface area (Å²) >= 11 is 3.33. The molecule has 2 N–H and O–H groups in total. The van der Waals surface area contributed by atoms with Crippen molar-refractivity contribution in [3.8, 4) is 12.3 Å². The van der Waals surface area contributed by atoms with E-state index in [2.05, 4.69) is 27.2 Å². The Morgan fingerprint density at radius 2 is 2.15 bits per heavy atom. The van der Waals surface area contributed by atoms with E-state index in [1.54, 1.807) is 6.92 Å². The molecule has 0 aliphatic rings. The molecule has 2 unspecified atom stereocenters. The number of amides is 1. The van der Waals surface area contributed by atoms with E-state index < -0.39 is 6.10 Å². The molecule has 4 nitrogen and oxygen atoms in total. The molecule has 0 bridgehead atoms. The number of hydrogen-bond donors (Lipinski definition) is 2. The van der Waals surface area contributed by atoms with Crippen LogP contribution in [0.25, 0.3) is 0 Å². The lowest BCUT2D eigenvalue weighted by Crippen LogP contribution is -2.37. The Hall–Kier alpha value is -1.35. The van der Waals surface area contributed by atoms with Gasteiger partial charge in [0, 0.05) is 4.47 Å². The number of aliphatic hydroxyl groups excluding tert-OH is 1. The van der Waals surface area contributed by atoms with Gasteiger partial charge in [-0.3, -0.25) is 4.79 Å². The zero-order valence-electron chi connectivity index (χ0n) is 11.3. The Labute approximate surface area is 127 Å². The van der Waals surface area contributed by atoms with Crippen molar-refractivity contribution >= 4 is 21.8 Å². The van der Waals surface area contributed by atoms with Crippen LogP contribution in [0, 0.1) is 12.3 Å². The summed E-state index contributed by atoms with van der Waals surface area (Å²) in [7, 11) is 0. The summed E-state index contributed by atoms with van der Waals surface area (Å²) in [4.78, 5) is 11.6. The van der Waals surface area contributed by atoms with Crippen molar-refractivity contribution in [3.63, 3.8) is 0 Å². The summed E-state index contributed by atoms with van der Waals surface area (Å²) in [5, 5.41) is 12.9. The van der Waals surface area contributed by atoms with Crippen LogP contribution in [0.3, 0.4) is 0 Å². The minimum atomic E-state index is -0.751. The monoisotopic (exact) mass is 339 g/mol. The van der Waals surface area contributed by atoms with E-state index in [-0.39, 0.29) is 31.6 Å². The Morgan fingerprint density at radius 1 is 1.50 bits per heavy atom. The van der Waals surface area contributed by atoms with E-state index in [1.807, 2.05) is 24.3 Å². The molecule has 1 amide bonds. The van der Waals surface area contributed by atoms with Gasteiger partial charge in [0.05, 0.1) is 25.2 Å². The van der Waals surface area contributed by atoms with Crippen molar-refractivity contribution in [1.82, 2.24) is 5.32 Å². The number of carbonyl (C=O) groups is 1. The number of hydrogen-bond acceptors (Lipinski definition) is 3. The Bertz CT molecular complexity index is 467. The predicted octanol–water partition coefficient (Wildman–Crippen LogP) is 2.03. The topological polar surface area (TPSA) is 58.6 Å². The van der Waals surface area contributed by atoms with Crippen LogP contribution >= 0.6 is 15.9 Å². The lowest BCUT2D eigenvalue weighted by Gasteiger charge is -2.20. The first-order valence-electron chi connectivity index (χ1n) is 6.28. The zero-order valence-corrected chi connectivity index (χ0v) is 12.9. The largest absolute Gasteiger partial charge is 0.386 e. The van der Waals surface area contributed by atoms with Crippen LogP contribution in [0.5, 0.6) is 0 Å². The van der Waals surface area contributed by atoms with Gasteiger partial charge in [-0.25, -0.2) is 0 Å². The highest BCUT2D eigenvalue weighted by atomic mass is 79.9. The second-order valence-electron chi connectivity index (χ2n) is 4.36. The molecular weight excluding hydrogens is 322 g/mol. The number of ether oxygens (including phenoxy) is 1. The summed E-state index contributed by atoms with van der Waals surface area (Å²) in [6, 6.07) is 6.94. The summed E-state index contributed by atoms with van der Waals surface area (Å²) in [5.74, 6) is 2.15. The standard InChI is InChI=1S/C15H18BrNO3/c1-3-9-20-10-8-14(18)17-11(2)15(19)12-4-6-13(16)7-5-12/h1,4-7,11,15,19H,8-10H2,2H3,(H,17,18). The summed E-state index contributed by atoms with van der Waals surface area (Å²) in [5.41, 5.74) is 0.754. The first-order valence-corrected chi connectivity index (χ1v) is 7.08. The summed E-state index contributed by atoms with van der Waals surface area (Å²) in [6.45, 7) is 2.23. The Kier molecular flexibility index (Phi) is 7.31. The van der Waals surface area contributed by atoms with Gasteiger partial charge in [0.1, 0.15) is 6.61 Å². The number of nitrogens with one attached hydrogen (secondary N) is 1. The van der Waals surface area contributed by atoms with E-state index in [0.29, 0.717) is 0 Å². The van der Waals surface area contributed by atoms with Crippen molar-refractivity contribution in [2.24, 2.45) is 0 Å². The van der Waals surface area contributed by atoms with Gasteiger partial charge < -0.3 is 15.2 Å². The molecular formula is C15H18BrNO3. The van der Waals surface area contributed by atoms with Crippen molar-refractivity contribution in [2.45, 2.75) is 25.5 Å². The second-order valence-corrected chi connectivity index (χ2v) is 5.27. The average Bonchev–Trinajstić information content (AvgIpc) is 2.43. The molecule has 2 atom stereocenters. The fourth-order valence-corrected chi connectivity index (χ4v) is 1.91. The van der Waals surface area contributed by atoms with Gasteiger partial charge in [-0.2, -0.15) is 0 Å². The Morgan fingerprint density at radius 3 is 2.75 bits per heavy atom. The third kappa shape index (κ3) is 5.74. The van der Waals surface area contributed by atoms with Crippen molar-refractivity contribution in [2.75, 3.05) is 13.2 Å². The minimum absolute atomic E-state index is 0.175. The van der Waals surface area contributed by atoms with Gasteiger partial charge in [-0.15, -0.1) is 6.42 Å². The number of carbonyl (C=O) groups excluding carboxylic acids is 1. The third-order valence-electron chi connectivity index (χ3n) is 2.73. The van der Waals surface area contributed by atoms with Crippen molar-refractivity contribution in [1.29, 1.82) is 0 Å². The van der Waals surface area contributed by atoms with Crippen LogP contribution in [-0.2, 0) is 9.53 Å². The highest BCUT2D eigenvalue weighted by Gasteiger charge is 2.18. The minimum Gasteiger partial charge on any atom is -0.386 e. The first-order chi connectivity index (χ1) is 9.54. The van der Waals surface area contributed by atoms with E-state index in [4.69, 9.17) is 11.2 Å². The van der Waals surface area contributed by atoms with E-state index in [9.17, 15) is 9.90 Å². The first kappa shape index (κ1) is 16.7. The molecule has 0 saturated carbocycles. The number of terminal acetylenes is 1. The fourth-order valence-electron chi connectivity index (χ4n) is 1.65. The third-order valence-corrected chi connectivity index (χ3v) is 3.26. The van der Waals surface area contributed by atoms with Crippen LogP contribution in [0.4, 0.5) is 0 Å². The molecule has 0 radical (unpaired) electrons. The number of aliphatic hydroxyl groups is 1. The lowest BCUT2D eigenvalue weighted by atomic mass is 10.0. The normalized spacial score (nSPS) is 13.3. The van der Waals surface area contributed by atoms with Crippen molar-refractivity contribution in [3.05, 3.63) is 34.3 Å². The molecule has 0 spiro atoms. The fraction of sp³-hybridized carbons (Fsp3) is 0.400. The number of halogens is 1. The molecule has 0 saturated heterocycles. The van der Waals surface area contributed by atoms with Crippen LogP contribution in [0.2, 0.25) is 0 Å². The van der Waals surface area contributed by atoms with Gasteiger partial charge in [-0.05, 0) is 24.6 Å². The van der Waals surface area contributed by atoms with E-state index in [0.717, 1.165) is 10.0 Å². The molecule has 0 aliphatic heterocycles. The van der Waals surface area contributed by atoms with Crippen LogP contribution < -0.4 is 5.32 Å². The second kappa shape index (κ2) is 8.75. The van der Waals surface area contributed by atoms with Crippen molar-refractivity contribution < 1.29 is 14.6 Å². The molecule has 0 fully saturated rings. The molecule has 20 heavy (non-hydrogen) atoms. The molecule has 1 aromatic rings. The van der Waals surface area contributed by atoms with Crippen LogP contribution in [-0.4, -0.2) is 30.3 Å².